The minimum Gasteiger partial charge on any atom is -0.389 e. The van der Waals surface area contributed by atoms with Crippen LogP contribution in [-0.4, -0.2) is 31.0 Å². The van der Waals surface area contributed by atoms with Crippen molar-refractivity contribution in [2.75, 3.05) is 25.1 Å². The molecule has 0 radical (unpaired) electrons. The fourth-order valence-corrected chi connectivity index (χ4v) is 1.81. The molecule has 0 saturated heterocycles. The van der Waals surface area contributed by atoms with Crippen molar-refractivity contribution in [2.45, 2.75) is 33.8 Å². The molecule has 0 aliphatic heterocycles. The molecule has 2 N–H and O–H groups in total. The van der Waals surface area contributed by atoms with E-state index in [1.807, 2.05) is 0 Å². The Kier molecular flexibility index (Phi) is 6.16. The number of aliphatic hydroxyl groups excluding tert-OH is 1. The Labute approximate surface area is 110 Å². The van der Waals surface area contributed by atoms with Crippen LogP contribution >= 0.6 is 0 Å². The average molecular weight is 251 g/mol. The molecule has 0 aliphatic rings. The largest absolute Gasteiger partial charge is 0.389 e. The van der Waals surface area contributed by atoms with Crippen molar-refractivity contribution in [2.24, 2.45) is 5.92 Å². The van der Waals surface area contributed by atoms with E-state index in [4.69, 9.17) is 4.74 Å². The van der Waals surface area contributed by atoms with Crippen molar-refractivity contribution in [3.05, 3.63) is 29.3 Å². The summed E-state index contributed by atoms with van der Waals surface area (Å²) in [4.78, 5) is 0. The minimum absolute atomic E-state index is 0.385. The number of benzene rings is 1. The van der Waals surface area contributed by atoms with Gasteiger partial charge in [-0.25, -0.2) is 0 Å². The summed E-state index contributed by atoms with van der Waals surface area (Å²) in [6.45, 7) is 9.93. The lowest BCUT2D eigenvalue weighted by atomic mass is 10.1. The van der Waals surface area contributed by atoms with E-state index in [1.165, 1.54) is 11.1 Å². The SMILES string of the molecule is Cc1cc(C)cc(NCC(O)COCC(C)C)c1. The number of anilines is 1. The minimum atomic E-state index is -0.468. The Morgan fingerprint density at radius 3 is 2.28 bits per heavy atom. The maximum absolute atomic E-state index is 9.77. The van der Waals surface area contributed by atoms with Crippen LogP contribution in [0.1, 0.15) is 25.0 Å². The highest BCUT2D eigenvalue weighted by Gasteiger charge is 2.05. The van der Waals surface area contributed by atoms with E-state index >= 15 is 0 Å². The van der Waals surface area contributed by atoms with Crippen LogP contribution in [0, 0.1) is 19.8 Å². The standard InChI is InChI=1S/C15H25NO2/c1-11(2)9-18-10-15(17)8-16-14-6-12(3)5-13(4)7-14/h5-7,11,15-17H,8-10H2,1-4H3. The Hall–Kier alpha value is -1.06. The predicted octanol–water partition coefficient (Wildman–Crippen LogP) is 2.75. The first-order valence-electron chi connectivity index (χ1n) is 6.55. The summed E-state index contributed by atoms with van der Waals surface area (Å²) in [6, 6.07) is 6.29. The van der Waals surface area contributed by atoms with Crippen LogP contribution in [0.3, 0.4) is 0 Å². The summed E-state index contributed by atoms with van der Waals surface area (Å²) >= 11 is 0. The summed E-state index contributed by atoms with van der Waals surface area (Å²) < 4.78 is 5.40. The van der Waals surface area contributed by atoms with E-state index in [2.05, 4.69) is 51.2 Å². The van der Waals surface area contributed by atoms with Crippen LogP contribution in [0.15, 0.2) is 18.2 Å². The van der Waals surface area contributed by atoms with Crippen LogP contribution in [-0.2, 0) is 4.74 Å². The van der Waals surface area contributed by atoms with Crippen LogP contribution in [0.25, 0.3) is 0 Å². The maximum Gasteiger partial charge on any atom is 0.0945 e. The van der Waals surface area contributed by atoms with Gasteiger partial charge in [0.25, 0.3) is 0 Å². The van der Waals surface area contributed by atoms with E-state index < -0.39 is 6.10 Å². The topological polar surface area (TPSA) is 41.5 Å². The van der Waals surface area contributed by atoms with Crippen LogP contribution < -0.4 is 5.32 Å². The zero-order valence-electron chi connectivity index (χ0n) is 11.9. The zero-order chi connectivity index (χ0) is 13.5. The molecule has 0 fully saturated rings. The molecule has 0 bridgehead atoms. The van der Waals surface area contributed by atoms with Gasteiger partial charge in [0.1, 0.15) is 0 Å². The number of aliphatic hydroxyl groups is 1. The van der Waals surface area contributed by atoms with Crippen molar-refractivity contribution in [1.29, 1.82) is 0 Å². The van der Waals surface area contributed by atoms with Gasteiger partial charge in [-0.3, -0.25) is 0 Å². The first-order valence-corrected chi connectivity index (χ1v) is 6.55. The van der Waals surface area contributed by atoms with Crippen molar-refractivity contribution in [3.63, 3.8) is 0 Å². The van der Waals surface area contributed by atoms with Gasteiger partial charge < -0.3 is 15.2 Å². The Balaban J connectivity index is 2.31. The molecule has 1 rings (SSSR count). The summed E-state index contributed by atoms with van der Waals surface area (Å²) in [5.74, 6) is 0.504. The lowest BCUT2D eigenvalue weighted by Crippen LogP contribution is -2.25. The van der Waals surface area contributed by atoms with Gasteiger partial charge in [0.15, 0.2) is 0 Å². The van der Waals surface area contributed by atoms with Gasteiger partial charge in [-0.2, -0.15) is 0 Å². The van der Waals surface area contributed by atoms with Gasteiger partial charge >= 0.3 is 0 Å². The van der Waals surface area contributed by atoms with Gasteiger partial charge in [0.05, 0.1) is 12.7 Å². The average Bonchev–Trinajstić information content (AvgIpc) is 2.24. The molecule has 3 nitrogen and oxygen atoms in total. The monoisotopic (exact) mass is 251 g/mol. The van der Waals surface area contributed by atoms with Crippen LogP contribution in [0.4, 0.5) is 5.69 Å². The highest BCUT2D eigenvalue weighted by atomic mass is 16.5. The van der Waals surface area contributed by atoms with E-state index in [-0.39, 0.29) is 0 Å². The molecule has 1 aromatic carbocycles. The summed E-state index contributed by atoms with van der Waals surface area (Å²) in [5, 5.41) is 13.0. The number of hydrogen-bond donors (Lipinski definition) is 2. The van der Waals surface area contributed by atoms with Crippen LogP contribution in [0.5, 0.6) is 0 Å². The molecule has 0 aromatic heterocycles. The quantitative estimate of drug-likeness (QED) is 0.783. The van der Waals surface area contributed by atoms with Crippen molar-refractivity contribution < 1.29 is 9.84 Å². The third-order valence-electron chi connectivity index (χ3n) is 2.52. The van der Waals surface area contributed by atoms with E-state index in [0.717, 1.165) is 5.69 Å². The molecule has 3 heteroatoms. The van der Waals surface area contributed by atoms with Crippen molar-refractivity contribution in [1.82, 2.24) is 0 Å². The number of nitrogens with one attached hydrogen (secondary N) is 1. The number of ether oxygens (including phenoxy) is 1. The summed E-state index contributed by atoms with van der Waals surface area (Å²) in [5.41, 5.74) is 3.50. The van der Waals surface area contributed by atoms with Gasteiger partial charge in [-0.15, -0.1) is 0 Å². The normalized spacial score (nSPS) is 12.8. The van der Waals surface area contributed by atoms with Crippen LogP contribution in [0.2, 0.25) is 0 Å². The molecule has 0 saturated carbocycles. The molecule has 0 amide bonds. The second-order valence-electron chi connectivity index (χ2n) is 5.34. The molecule has 18 heavy (non-hydrogen) atoms. The van der Waals surface area contributed by atoms with E-state index in [9.17, 15) is 5.11 Å². The molecular formula is C15H25NO2. The van der Waals surface area contributed by atoms with E-state index in [1.54, 1.807) is 0 Å². The lowest BCUT2D eigenvalue weighted by molar-refractivity contribution is 0.0318. The van der Waals surface area contributed by atoms with Gasteiger partial charge in [0, 0.05) is 18.8 Å². The molecule has 0 spiro atoms. The highest BCUT2D eigenvalue weighted by Crippen LogP contribution is 2.13. The molecule has 102 valence electrons. The molecule has 0 aliphatic carbocycles. The fraction of sp³-hybridized carbons (Fsp3) is 0.600. The Morgan fingerprint density at radius 1 is 1.11 bits per heavy atom. The van der Waals surface area contributed by atoms with Crippen molar-refractivity contribution in [3.8, 4) is 0 Å². The number of aryl methyl sites for hydroxylation is 2. The summed E-state index contributed by atoms with van der Waals surface area (Å²) in [6.07, 6.45) is -0.468. The molecule has 1 atom stereocenters. The summed E-state index contributed by atoms with van der Waals surface area (Å²) in [7, 11) is 0. The van der Waals surface area contributed by atoms with Gasteiger partial charge in [-0.05, 0) is 43.0 Å². The van der Waals surface area contributed by atoms with Crippen molar-refractivity contribution >= 4 is 5.69 Å². The lowest BCUT2D eigenvalue weighted by Gasteiger charge is -2.15. The van der Waals surface area contributed by atoms with E-state index in [0.29, 0.717) is 25.7 Å². The number of rotatable bonds is 7. The second kappa shape index (κ2) is 7.39. The predicted molar refractivity (Wildman–Crippen MR) is 76.1 cm³/mol. The number of hydrogen-bond acceptors (Lipinski definition) is 3. The second-order valence-corrected chi connectivity index (χ2v) is 5.34. The first kappa shape index (κ1) is 15.0. The smallest absolute Gasteiger partial charge is 0.0945 e. The highest BCUT2D eigenvalue weighted by molar-refractivity contribution is 5.48. The third kappa shape index (κ3) is 6.03. The van der Waals surface area contributed by atoms with Gasteiger partial charge in [-0.1, -0.05) is 19.9 Å². The van der Waals surface area contributed by atoms with Gasteiger partial charge in [0.2, 0.25) is 0 Å². The zero-order valence-corrected chi connectivity index (χ0v) is 11.9. The molecular weight excluding hydrogens is 226 g/mol. The molecule has 1 unspecified atom stereocenters. The molecule has 1 aromatic rings. The third-order valence-corrected chi connectivity index (χ3v) is 2.52. The Bertz CT molecular complexity index is 343. The molecule has 0 heterocycles. The fourth-order valence-electron chi connectivity index (χ4n) is 1.81. The Morgan fingerprint density at radius 2 is 1.72 bits per heavy atom. The maximum atomic E-state index is 9.77. The first-order chi connectivity index (χ1) is 8.47.